The summed E-state index contributed by atoms with van der Waals surface area (Å²) >= 11 is 6.47. The van der Waals surface area contributed by atoms with Crippen LogP contribution >= 0.6 is 11.6 Å². The fraction of sp³-hybridized carbons (Fsp3) is 0.556. The van der Waals surface area contributed by atoms with E-state index in [4.69, 9.17) is 16.3 Å². The molecule has 3 aliphatic rings. The number of hydrogen-bond acceptors (Lipinski definition) is 10. The van der Waals surface area contributed by atoms with Gasteiger partial charge in [-0.05, 0) is 88.7 Å². The highest BCUT2D eigenvalue weighted by Crippen LogP contribution is 2.39. The molecule has 3 heterocycles. The molecule has 1 saturated carbocycles. The number of piperidine rings is 1. The Labute approximate surface area is 236 Å². The van der Waals surface area contributed by atoms with Crippen LogP contribution in [0, 0.1) is 6.92 Å². The van der Waals surface area contributed by atoms with Gasteiger partial charge in [-0.1, -0.05) is 11.6 Å². The summed E-state index contributed by atoms with van der Waals surface area (Å²) in [5.41, 5.74) is 3.80. The van der Waals surface area contributed by atoms with Crippen molar-refractivity contribution in [3.63, 3.8) is 0 Å². The molecule has 1 aromatic heterocycles. The maximum absolute atomic E-state index is 13.1. The Morgan fingerprint density at radius 3 is 2.51 bits per heavy atom. The highest BCUT2D eigenvalue weighted by molar-refractivity contribution is 7.92. The summed E-state index contributed by atoms with van der Waals surface area (Å²) in [5.74, 6) is 1.96. The molecule has 1 aliphatic carbocycles. The zero-order valence-corrected chi connectivity index (χ0v) is 24.7. The van der Waals surface area contributed by atoms with Crippen LogP contribution in [0.15, 0.2) is 30.2 Å². The number of nitrogens with one attached hydrogen (secondary N) is 3. The lowest BCUT2D eigenvalue weighted by Gasteiger charge is -2.28. The Morgan fingerprint density at radius 1 is 1.13 bits per heavy atom. The van der Waals surface area contributed by atoms with Crippen molar-refractivity contribution in [3.05, 3.63) is 46.4 Å². The summed E-state index contributed by atoms with van der Waals surface area (Å²) in [4.78, 5) is 9.01. The van der Waals surface area contributed by atoms with E-state index in [1.807, 2.05) is 0 Å². The minimum Gasteiger partial charge on any atom is -0.488 e. The van der Waals surface area contributed by atoms with Gasteiger partial charge in [-0.2, -0.15) is 4.98 Å². The number of nitrogens with zero attached hydrogens (tertiary/aromatic N) is 4. The number of aryl methyl sites for hydroxylation is 1. The largest absolute Gasteiger partial charge is 0.488 e. The third kappa shape index (κ3) is 5.96. The van der Waals surface area contributed by atoms with E-state index in [0.29, 0.717) is 23.4 Å². The molecular weight excluding hydrogens is 538 g/mol. The number of anilines is 3. The van der Waals surface area contributed by atoms with Gasteiger partial charge in [0.15, 0.2) is 21.0 Å². The second-order valence-electron chi connectivity index (χ2n) is 10.9. The smallest absolute Gasteiger partial charge is 0.229 e. The first-order valence-corrected chi connectivity index (χ1v) is 15.5. The molecule has 1 saturated heterocycles. The molecule has 10 nitrogen and oxygen atoms in total. The lowest BCUT2D eigenvalue weighted by atomic mass is 9.87. The molecule has 0 amide bonds. The topological polar surface area (TPSA) is 112 Å². The predicted octanol–water partition coefficient (Wildman–Crippen LogP) is 4.39. The van der Waals surface area contributed by atoms with E-state index in [-0.39, 0.29) is 11.1 Å². The molecule has 1 atom stereocenters. The van der Waals surface area contributed by atoms with Crippen molar-refractivity contribution in [2.24, 2.45) is 0 Å². The molecule has 0 radical (unpaired) electrons. The SMILES string of the molecule is Cc1cc(Nc2ncc(Cl)c(NC3=CN(C)N(C)C3S(=O)(=O)C(C)C)n2)c(OC2CC2)cc1C1CCNCC1. The Morgan fingerprint density at radius 2 is 1.85 bits per heavy atom. The Balaban J connectivity index is 1.42. The van der Waals surface area contributed by atoms with Gasteiger partial charge in [0.05, 0.1) is 28.9 Å². The summed E-state index contributed by atoms with van der Waals surface area (Å²) in [6.07, 6.45) is 7.81. The lowest BCUT2D eigenvalue weighted by molar-refractivity contribution is 0.100. The fourth-order valence-electron chi connectivity index (χ4n) is 5.07. The first-order valence-electron chi connectivity index (χ1n) is 13.5. The predicted molar refractivity (Wildman–Crippen MR) is 155 cm³/mol. The molecule has 212 valence electrons. The quantitative estimate of drug-likeness (QED) is 0.398. The highest BCUT2D eigenvalue weighted by atomic mass is 35.5. The highest BCUT2D eigenvalue weighted by Gasteiger charge is 2.41. The van der Waals surface area contributed by atoms with Crippen molar-refractivity contribution in [3.8, 4) is 5.75 Å². The number of likely N-dealkylation sites (N-methyl/N-ethyl adjacent to an activating group) is 1. The molecular formula is C27H38ClN7O3S. The molecule has 1 unspecified atom stereocenters. The minimum absolute atomic E-state index is 0.237. The molecule has 1 aromatic carbocycles. The number of halogens is 1. The molecule has 2 aliphatic heterocycles. The Bertz CT molecular complexity index is 1360. The average Bonchev–Trinajstić information content (AvgIpc) is 3.66. The minimum atomic E-state index is -3.50. The Hall–Kier alpha value is -2.60. The number of sulfone groups is 1. The van der Waals surface area contributed by atoms with Gasteiger partial charge in [0.2, 0.25) is 5.95 Å². The van der Waals surface area contributed by atoms with Crippen molar-refractivity contribution in [1.29, 1.82) is 0 Å². The number of ether oxygens (including phenoxy) is 1. The van der Waals surface area contributed by atoms with Crippen LogP contribution in [0.2, 0.25) is 5.02 Å². The van der Waals surface area contributed by atoms with Gasteiger partial charge in [-0.3, -0.25) is 0 Å². The van der Waals surface area contributed by atoms with Crippen molar-refractivity contribution < 1.29 is 13.2 Å². The second-order valence-corrected chi connectivity index (χ2v) is 13.9. The number of aromatic nitrogens is 2. The Kier molecular flexibility index (Phi) is 7.96. The number of rotatable bonds is 9. The van der Waals surface area contributed by atoms with Gasteiger partial charge in [-0.15, -0.1) is 0 Å². The molecule has 0 bridgehead atoms. The molecule has 2 aromatic rings. The first kappa shape index (κ1) is 27.9. The van der Waals surface area contributed by atoms with E-state index in [2.05, 4.69) is 45.0 Å². The van der Waals surface area contributed by atoms with E-state index >= 15 is 0 Å². The third-order valence-electron chi connectivity index (χ3n) is 7.62. The zero-order valence-electron chi connectivity index (χ0n) is 23.2. The van der Waals surface area contributed by atoms with Crippen LogP contribution in [0.3, 0.4) is 0 Å². The number of hydrogen-bond donors (Lipinski definition) is 3. The standard InChI is InChI=1S/C27H38ClN7O3S/c1-16(2)39(36,37)26-23(15-34(4)35(26)5)31-25-21(28)14-30-27(33-25)32-22-12-17(3)20(18-8-10-29-11-9-18)13-24(22)38-19-6-7-19/h12-16,18-19,26,29H,6-11H2,1-5H3,(H2,30,31,32,33). The van der Waals surface area contributed by atoms with Crippen LogP contribution in [-0.2, 0) is 9.84 Å². The van der Waals surface area contributed by atoms with E-state index < -0.39 is 20.5 Å². The third-order valence-corrected chi connectivity index (χ3v) is 10.4. The molecule has 12 heteroatoms. The number of hydrazine groups is 1. The average molecular weight is 576 g/mol. The van der Waals surface area contributed by atoms with E-state index in [9.17, 15) is 8.42 Å². The molecule has 5 rings (SSSR count). The summed E-state index contributed by atoms with van der Waals surface area (Å²) in [7, 11) is 0.0344. The normalized spacial score (nSPS) is 20.8. The maximum atomic E-state index is 13.1. The van der Waals surface area contributed by atoms with Crippen LogP contribution in [-0.4, -0.2) is 72.3 Å². The van der Waals surface area contributed by atoms with Gasteiger partial charge in [0, 0.05) is 20.3 Å². The lowest BCUT2D eigenvalue weighted by Crippen LogP contribution is -2.44. The summed E-state index contributed by atoms with van der Waals surface area (Å²) in [5, 5.41) is 12.2. The van der Waals surface area contributed by atoms with Crippen LogP contribution in [0.5, 0.6) is 5.75 Å². The fourth-order valence-corrected chi connectivity index (χ4v) is 6.78. The monoisotopic (exact) mass is 575 g/mol. The molecule has 3 N–H and O–H groups in total. The van der Waals surface area contributed by atoms with Crippen LogP contribution in [0.25, 0.3) is 0 Å². The summed E-state index contributed by atoms with van der Waals surface area (Å²) in [6, 6.07) is 4.28. The van der Waals surface area contributed by atoms with E-state index in [1.165, 1.54) is 17.3 Å². The van der Waals surface area contributed by atoms with Crippen molar-refractivity contribution in [2.45, 2.75) is 69.1 Å². The van der Waals surface area contributed by atoms with Crippen LogP contribution in [0.4, 0.5) is 17.5 Å². The van der Waals surface area contributed by atoms with Gasteiger partial charge in [0.1, 0.15) is 10.8 Å². The number of benzene rings is 1. The van der Waals surface area contributed by atoms with E-state index in [1.54, 1.807) is 44.2 Å². The van der Waals surface area contributed by atoms with Gasteiger partial charge in [0.25, 0.3) is 0 Å². The summed E-state index contributed by atoms with van der Waals surface area (Å²) < 4.78 is 32.6. The summed E-state index contributed by atoms with van der Waals surface area (Å²) in [6.45, 7) is 7.54. The van der Waals surface area contributed by atoms with Gasteiger partial charge >= 0.3 is 0 Å². The van der Waals surface area contributed by atoms with Crippen molar-refractivity contribution in [2.75, 3.05) is 37.8 Å². The maximum Gasteiger partial charge on any atom is 0.229 e. The van der Waals surface area contributed by atoms with Crippen molar-refractivity contribution >= 4 is 38.9 Å². The van der Waals surface area contributed by atoms with E-state index in [0.717, 1.165) is 50.2 Å². The van der Waals surface area contributed by atoms with Crippen molar-refractivity contribution in [1.82, 2.24) is 25.3 Å². The molecule has 2 fully saturated rings. The van der Waals surface area contributed by atoms with Crippen LogP contribution < -0.4 is 20.7 Å². The molecule has 0 spiro atoms. The molecule has 39 heavy (non-hydrogen) atoms. The van der Waals surface area contributed by atoms with Gasteiger partial charge in [-0.25, -0.2) is 18.4 Å². The van der Waals surface area contributed by atoms with Gasteiger partial charge < -0.3 is 25.7 Å². The second kappa shape index (κ2) is 11.1. The zero-order chi connectivity index (χ0) is 27.9. The van der Waals surface area contributed by atoms with Crippen LogP contribution in [0.1, 0.15) is 56.6 Å². The first-order chi connectivity index (χ1) is 18.5.